The van der Waals surface area contributed by atoms with Gasteiger partial charge in [0.1, 0.15) is 0 Å². The summed E-state index contributed by atoms with van der Waals surface area (Å²) in [6, 6.07) is 3.94. The van der Waals surface area contributed by atoms with Crippen LogP contribution < -0.4 is 0 Å². The molecule has 0 aromatic carbocycles. The van der Waals surface area contributed by atoms with E-state index in [2.05, 4.69) is 17.6 Å². The third kappa shape index (κ3) is 1.57. The summed E-state index contributed by atoms with van der Waals surface area (Å²) in [5, 5.41) is 0. The van der Waals surface area contributed by atoms with Crippen LogP contribution in [0.1, 0.15) is 5.56 Å². The smallest absolute Gasteiger partial charge is 0.0666 e. The predicted octanol–water partition coefficient (Wildman–Crippen LogP) is 3.00. The van der Waals surface area contributed by atoms with Crippen molar-refractivity contribution in [3.05, 3.63) is 67.0 Å². The zero-order valence-corrected chi connectivity index (χ0v) is 9.08. The molecule has 0 amide bonds. The van der Waals surface area contributed by atoms with Gasteiger partial charge in [-0.15, -0.1) is 6.58 Å². The Balaban J connectivity index is 2.56. The van der Waals surface area contributed by atoms with Crippen molar-refractivity contribution < 1.29 is 0 Å². The van der Waals surface area contributed by atoms with Crippen molar-refractivity contribution in [2.45, 2.75) is 5.41 Å². The Bertz CT molecular complexity index is 445. The van der Waals surface area contributed by atoms with E-state index in [0.29, 0.717) is 0 Å². The first kappa shape index (κ1) is 9.99. The fourth-order valence-electron chi connectivity index (χ4n) is 1.72. The molecule has 1 nitrogen and oxygen atoms in total. The first-order valence-corrected chi connectivity index (χ1v) is 5.15. The number of hydrogen-bond donors (Lipinski definition) is 0. The average molecular weight is 213 g/mol. The van der Waals surface area contributed by atoms with Crippen molar-refractivity contribution in [1.82, 2.24) is 4.98 Å². The molecule has 2 rings (SSSR count). The molecule has 1 unspecified atom stereocenters. The van der Waals surface area contributed by atoms with Gasteiger partial charge in [-0.05, 0) is 23.8 Å². The van der Waals surface area contributed by atoms with Crippen molar-refractivity contribution in [3.63, 3.8) is 0 Å². The van der Waals surface area contributed by atoms with Gasteiger partial charge in [0.2, 0.25) is 0 Å². The number of thiocarbonyl (C=S) groups is 1. The van der Waals surface area contributed by atoms with Gasteiger partial charge >= 0.3 is 0 Å². The minimum atomic E-state index is -0.340. The Hall–Kier alpha value is -1.54. The molecule has 1 heterocycles. The molecular weight excluding hydrogens is 202 g/mol. The third-order valence-electron chi connectivity index (χ3n) is 2.61. The van der Waals surface area contributed by atoms with Gasteiger partial charge in [0.05, 0.1) is 5.41 Å². The molecule has 1 aliphatic carbocycles. The highest BCUT2D eigenvalue weighted by Gasteiger charge is 2.30. The zero-order valence-electron chi connectivity index (χ0n) is 8.26. The number of rotatable bonds is 2. The molecule has 1 aromatic heterocycles. The Morgan fingerprint density at radius 1 is 1.27 bits per heavy atom. The van der Waals surface area contributed by atoms with Gasteiger partial charge in [-0.1, -0.05) is 36.5 Å². The maximum Gasteiger partial charge on any atom is 0.0666 e. The van der Waals surface area contributed by atoms with Crippen molar-refractivity contribution in [2.75, 3.05) is 0 Å². The zero-order chi connectivity index (χ0) is 10.7. The highest BCUT2D eigenvalue weighted by atomic mass is 32.1. The van der Waals surface area contributed by atoms with Crippen LogP contribution in [0.5, 0.6) is 0 Å². The van der Waals surface area contributed by atoms with E-state index in [1.165, 1.54) is 0 Å². The lowest BCUT2D eigenvalue weighted by Crippen LogP contribution is -2.30. The van der Waals surface area contributed by atoms with Gasteiger partial charge in [-0.2, -0.15) is 0 Å². The molecule has 1 atom stereocenters. The molecular formula is C13H11NS. The molecule has 0 saturated heterocycles. The Kier molecular flexibility index (Phi) is 2.60. The van der Waals surface area contributed by atoms with Crippen molar-refractivity contribution in [1.29, 1.82) is 0 Å². The summed E-state index contributed by atoms with van der Waals surface area (Å²) in [5.41, 5.74) is 0.769. The Labute approximate surface area is 94.9 Å². The number of pyridine rings is 1. The Morgan fingerprint density at radius 3 is 2.60 bits per heavy atom. The van der Waals surface area contributed by atoms with Crippen LogP contribution >= 0.6 is 12.2 Å². The molecule has 0 aliphatic heterocycles. The standard InChI is InChI=1S/C13H11NS/c1-2-13(8-4-3-5-12(13)15)11-6-9-14-10-7-11/h2-10H,1H2. The summed E-state index contributed by atoms with van der Waals surface area (Å²) in [5.74, 6) is 0. The van der Waals surface area contributed by atoms with Crippen LogP contribution in [0.25, 0.3) is 0 Å². The van der Waals surface area contributed by atoms with Crippen LogP contribution in [0.3, 0.4) is 0 Å². The van der Waals surface area contributed by atoms with E-state index >= 15 is 0 Å². The fourth-order valence-corrected chi connectivity index (χ4v) is 2.07. The fraction of sp³-hybridized carbons (Fsp3) is 0.0769. The maximum absolute atomic E-state index is 5.39. The van der Waals surface area contributed by atoms with E-state index < -0.39 is 0 Å². The number of aromatic nitrogens is 1. The van der Waals surface area contributed by atoms with Crippen LogP contribution in [0.15, 0.2) is 61.5 Å². The second-order valence-electron chi connectivity index (χ2n) is 3.39. The topological polar surface area (TPSA) is 12.9 Å². The van der Waals surface area contributed by atoms with Crippen LogP contribution in [0.4, 0.5) is 0 Å². The van der Waals surface area contributed by atoms with E-state index in [1.807, 2.05) is 36.4 Å². The monoisotopic (exact) mass is 213 g/mol. The number of nitrogens with zero attached hydrogens (tertiary/aromatic N) is 1. The summed E-state index contributed by atoms with van der Waals surface area (Å²) >= 11 is 5.39. The van der Waals surface area contributed by atoms with E-state index in [1.54, 1.807) is 12.4 Å². The second-order valence-corrected chi connectivity index (χ2v) is 3.83. The van der Waals surface area contributed by atoms with Crippen molar-refractivity contribution in [2.24, 2.45) is 0 Å². The highest BCUT2D eigenvalue weighted by molar-refractivity contribution is 7.81. The molecule has 15 heavy (non-hydrogen) atoms. The van der Waals surface area contributed by atoms with Gasteiger partial charge in [0.25, 0.3) is 0 Å². The van der Waals surface area contributed by atoms with E-state index in [9.17, 15) is 0 Å². The molecule has 0 radical (unpaired) electrons. The van der Waals surface area contributed by atoms with E-state index in [-0.39, 0.29) is 5.41 Å². The lowest BCUT2D eigenvalue weighted by Gasteiger charge is -2.28. The SMILES string of the molecule is C=CC1(c2ccncc2)C=CC=CC1=S. The highest BCUT2D eigenvalue weighted by Crippen LogP contribution is 2.31. The van der Waals surface area contributed by atoms with Gasteiger partial charge in [-0.3, -0.25) is 4.98 Å². The lowest BCUT2D eigenvalue weighted by molar-refractivity contribution is 0.923. The molecule has 74 valence electrons. The van der Waals surface area contributed by atoms with Gasteiger partial charge < -0.3 is 0 Å². The minimum absolute atomic E-state index is 0.340. The molecule has 0 N–H and O–H groups in total. The molecule has 0 saturated carbocycles. The predicted molar refractivity (Wildman–Crippen MR) is 67.0 cm³/mol. The Morgan fingerprint density at radius 2 is 2.00 bits per heavy atom. The molecule has 2 heteroatoms. The van der Waals surface area contributed by atoms with Crippen molar-refractivity contribution in [3.8, 4) is 0 Å². The molecule has 0 spiro atoms. The first-order chi connectivity index (χ1) is 7.29. The quantitative estimate of drug-likeness (QED) is 0.553. The molecule has 1 aromatic rings. The van der Waals surface area contributed by atoms with Crippen molar-refractivity contribution >= 4 is 17.1 Å². The summed E-state index contributed by atoms with van der Waals surface area (Å²) in [6.07, 6.45) is 13.4. The number of hydrogen-bond acceptors (Lipinski definition) is 2. The van der Waals surface area contributed by atoms with Crippen LogP contribution in [0.2, 0.25) is 0 Å². The van der Waals surface area contributed by atoms with Gasteiger partial charge in [0.15, 0.2) is 0 Å². The molecule has 0 bridgehead atoms. The summed E-state index contributed by atoms with van der Waals surface area (Å²) in [4.78, 5) is 4.88. The van der Waals surface area contributed by atoms with Crippen LogP contribution in [0, 0.1) is 0 Å². The lowest BCUT2D eigenvalue weighted by atomic mass is 9.76. The normalized spacial score (nSPS) is 24.1. The molecule has 0 fully saturated rings. The number of allylic oxidation sites excluding steroid dienone is 5. The first-order valence-electron chi connectivity index (χ1n) is 4.74. The van der Waals surface area contributed by atoms with Gasteiger partial charge in [0, 0.05) is 17.3 Å². The molecule has 1 aliphatic rings. The second kappa shape index (κ2) is 3.91. The summed E-state index contributed by atoms with van der Waals surface area (Å²) < 4.78 is 0. The summed E-state index contributed by atoms with van der Waals surface area (Å²) in [7, 11) is 0. The van der Waals surface area contributed by atoms with E-state index in [0.717, 1.165) is 10.4 Å². The largest absolute Gasteiger partial charge is 0.265 e. The third-order valence-corrected chi connectivity index (χ3v) is 3.08. The summed E-state index contributed by atoms with van der Waals surface area (Å²) in [6.45, 7) is 3.89. The maximum atomic E-state index is 5.39. The van der Waals surface area contributed by atoms with Gasteiger partial charge in [-0.25, -0.2) is 0 Å². The minimum Gasteiger partial charge on any atom is -0.265 e. The van der Waals surface area contributed by atoms with E-state index in [4.69, 9.17) is 12.2 Å². The van der Waals surface area contributed by atoms with Crippen LogP contribution in [-0.2, 0) is 5.41 Å². The average Bonchev–Trinajstić information content (AvgIpc) is 2.31. The van der Waals surface area contributed by atoms with Crippen LogP contribution in [-0.4, -0.2) is 9.85 Å².